The van der Waals surface area contributed by atoms with Crippen molar-refractivity contribution in [3.05, 3.63) is 71.3 Å². The van der Waals surface area contributed by atoms with Crippen LogP contribution in [0.3, 0.4) is 0 Å². The number of carbonyl (C=O) groups is 1. The Morgan fingerprint density at radius 1 is 1.18 bits per heavy atom. The molecule has 1 atom stereocenters. The molecule has 1 N–H and O–H groups in total. The Labute approximate surface area is 164 Å². The lowest BCUT2D eigenvalue weighted by atomic mass is 9.92. The number of aliphatic hydroxyl groups excluding tert-OH is 1. The van der Waals surface area contributed by atoms with Crippen LogP contribution in [0.4, 0.5) is 10.5 Å². The first-order valence-corrected chi connectivity index (χ1v) is 9.33. The van der Waals surface area contributed by atoms with Crippen LogP contribution in [0, 0.1) is 6.92 Å². The summed E-state index contributed by atoms with van der Waals surface area (Å²) < 4.78 is 11.1. The van der Waals surface area contributed by atoms with Gasteiger partial charge in [-0.2, -0.15) is 0 Å². The smallest absolute Gasteiger partial charge is 0.414 e. The van der Waals surface area contributed by atoms with Gasteiger partial charge in [0.2, 0.25) is 0 Å². The van der Waals surface area contributed by atoms with E-state index in [1.165, 1.54) is 7.11 Å². The van der Waals surface area contributed by atoms with Gasteiger partial charge >= 0.3 is 6.09 Å². The van der Waals surface area contributed by atoms with E-state index >= 15 is 0 Å². The summed E-state index contributed by atoms with van der Waals surface area (Å²) >= 11 is 0. The van der Waals surface area contributed by atoms with Gasteiger partial charge in [0.1, 0.15) is 12.4 Å². The highest BCUT2D eigenvalue weighted by Crippen LogP contribution is 2.46. The van der Waals surface area contributed by atoms with Crippen molar-refractivity contribution in [2.75, 3.05) is 25.2 Å². The topological polar surface area (TPSA) is 59.0 Å². The van der Waals surface area contributed by atoms with Crippen molar-refractivity contribution < 1.29 is 19.4 Å². The summed E-state index contributed by atoms with van der Waals surface area (Å²) in [6.07, 6.45) is -0.431. The van der Waals surface area contributed by atoms with Gasteiger partial charge < -0.3 is 14.6 Å². The average molecular weight is 377 g/mol. The molecular formula is C23H23NO4. The number of carbonyl (C=O) groups excluding carboxylic acids is 1. The maximum Gasteiger partial charge on any atom is 0.414 e. The van der Waals surface area contributed by atoms with Crippen LogP contribution < -0.4 is 9.64 Å². The Balaban J connectivity index is 1.86. The largest absolute Gasteiger partial charge is 0.488 e. The number of benzene rings is 3. The molecule has 1 aliphatic rings. The van der Waals surface area contributed by atoms with Gasteiger partial charge in [-0.15, -0.1) is 0 Å². The van der Waals surface area contributed by atoms with Gasteiger partial charge in [-0.1, -0.05) is 48.5 Å². The maximum absolute atomic E-state index is 12.3. The highest BCUT2D eigenvalue weighted by Gasteiger charge is 2.35. The molecule has 0 bridgehead atoms. The number of anilines is 1. The molecule has 5 heteroatoms. The van der Waals surface area contributed by atoms with Gasteiger partial charge in [-0.25, -0.2) is 4.79 Å². The number of hydrogen-bond donors (Lipinski definition) is 1. The van der Waals surface area contributed by atoms with Crippen molar-refractivity contribution in [3.63, 3.8) is 0 Å². The molecule has 0 aromatic heterocycles. The number of ether oxygens (including phenoxy) is 2. The summed E-state index contributed by atoms with van der Waals surface area (Å²) in [6, 6.07) is 17.9. The van der Waals surface area contributed by atoms with E-state index < -0.39 is 6.09 Å². The van der Waals surface area contributed by atoms with E-state index in [0.29, 0.717) is 18.9 Å². The van der Waals surface area contributed by atoms with Gasteiger partial charge in [-0.3, -0.25) is 4.90 Å². The second-order valence-electron chi connectivity index (χ2n) is 7.04. The molecule has 0 saturated carbocycles. The monoisotopic (exact) mass is 377 g/mol. The third-order valence-electron chi connectivity index (χ3n) is 5.31. The molecule has 3 aromatic rings. The molecule has 0 saturated heterocycles. The minimum absolute atomic E-state index is 0.0336. The molecule has 0 spiro atoms. The van der Waals surface area contributed by atoms with Crippen molar-refractivity contribution >= 4 is 22.6 Å². The summed E-state index contributed by atoms with van der Waals surface area (Å²) in [6.45, 7) is 2.83. The van der Waals surface area contributed by atoms with Crippen LogP contribution >= 0.6 is 0 Å². The fraction of sp³-hybridized carbons (Fsp3) is 0.261. The Morgan fingerprint density at radius 3 is 2.68 bits per heavy atom. The van der Waals surface area contributed by atoms with E-state index in [-0.39, 0.29) is 12.5 Å². The fourth-order valence-electron chi connectivity index (χ4n) is 3.97. The molecule has 0 fully saturated rings. The Hall–Kier alpha value is -3.05. The molecule has 0 aliphatic carbocycles. The van der Waals surface area contributed by atoms with Crippen molar-refractivity contribution in [2.45, 2.75) is 19.4 Å². The standard InChI is InChI=1S/C23H23NO4/c1-15-7-6-10-18-20(28-14-16-8-4-3-5-9-16)11-19-22(21(15)18)17(13-25)12-24(19)23(26)27-2/h3-11,17,25H,12-14H2,1-2H3/t17-/m0/s1. The molecule has 1 aliphatic heterocycles. The zero-order valence-electron chi connectivity index (χ0n) is 16.0. The summed E-state index contributed by atoms with van der Waals surface area (Å²) in [7, 11) is 1.37. The number of aryl methyl sites for hydroxylation is 1. The molecule has 144 valence electrons. The summed E-state index contributed by atoms with van der Waals surface area (Å²) in [5, 5.41) is 12.0. The number of nitrogens with zero attached hydrogens (tertiary/aromatic N) is 1. The zero-order chi connectivity index (χ0) is 19.7. The Morgan fingerprint density at radius 2 is 1.96 bits per heavy atom. The van der Waals surface area contributed by atoms with E-state index in [0.717, 1.165) is 33.2 Å². The van der Waals surface area contributed by atoms with Crippen LogP contribution in [0.25, 0.3) is 10.8 Å². The Bertz CT molecular complexity index is 1020. The first-order valence-electron chi connectivity index (χ1n) is 9.33. The van der Waals surface area contributed by atoms with E-state index in [1.54, 1.807) is 4.90 Å². The minimum atomic E-state index is -0.431. The van der Waals surface area contributed by atoms with Crippen LogP contribution in [-0.2, 0) is 11.3 Å². The van der Waals surface area contributed by atoms with Crippen LogP contribution in [0.5, 0.6) is 5.75 Å². The second kappa shape index (κ2) is 7.52. The van der Waals surface area contributed by atoms with Gasteiger partial charge in [-0.05, 0) is 29.0 Å². The summed E-state index contributed by atoms with van der Waals surface area (Å²) in [4.78, 5) is 13.9. The van der Waals surface area contributed by atoms with Crippen LogP contribution in [0.2, 0.25) is 0 Å². The molecule has 1 heterocycles. The summed E-state index contributed by atoms with van der Waals surface area (Å²) in [5.74, 6) is 0.565. The highest BCUT2D eigenvalue weighted by molar-refractivity contribution is 6.03. The molecule has 0 radical (unpaired) electrons. The SMILES string of the molecule is COC(=O)N1C[C@@H](CO)c2c1cc(OCc1ccccc1)c1cccc(C)c21. The van der Waals surface area contributed by atoms with Crippen molar-refractivity contribution in [1.82, 2.24) is 0 Å². The third kappa shape index (κ3) is 3.08. The van der Waals surface area contributed by atoms with E-state index in [4.69, 9.17) is 9.47 Å². The van der Waals surface area contributed by atoms with E-state index in [2.05, 4.69) is 0 Å². The van der Waals surface area contributed by atoms with Gasteiger partial charge in [0, 0.05) is 23.9 Å². The maximum atomic E-state index is 12.3. The zero-order valence-corrected chi connectivity index (χ0v) is 16.0. The molecule has 5 nitrogen and oxygen atoms in total. The first kappa shape index (κ1) is 18.3. The third-order valence-corrected chi connectivity index (χ3v) is 5.31. The van der Waals surface area contributed by atoms with Gasteiger partial charge in [0.15, 0.2) is 0 Å². The van der Waals surface area contributed by atoms with Crippen LogP contribution in [0.15, 0.2) is 54.6 Å². The van der Waals surface area contributed by atoms with Gasteiger partial charge in [0.05, 0.1) is 19.4 Å². The Kier molecular flexibility index (Phi) is 4.92. The van der Waals surface area contributed by atoms with Gasteiger partial charge in [0.25, 0.3) is 0 Å². The molecular weight excluding hydrogens is 354 g/mol. The number of methoxy groups -OCH3 is 1. The van der Waals surface area contributed by atoms with E-state index in [1.807, 2.05) is 61.5 Å². The lowest BCUT2D eigenvalue weighted by Crippen LogP contribution is -2.30. The van der Waals surface area contributed by atoms with Crippen molar-refractivity contribution in [3.8, 4) is 5.75 Å². The van der Waals surface area contributed by atoms with Crippen molar-refractivity contribution in [2.24, 2.45) is 0 Å². The number of aliphatic hydroxyl groups is 1. The molecule has 3 aromatic carbocycles. The fourth-order valence-corrected chi connectivity index (χ4v) is 3.97. The second-order valence-corrected chi connectivity index (χ2v) is 7.04. The molecule has 28 heavy (non-hydrogen) atoms. The predicted octanol–water partition coefficient (Wildman–Crippen LogP) is 4.39. The molecule has 1 amide bonds. The van der Waals surface area contributed by atoms with E-state index in [9.17, 15) is 9.90 Å². The molecule has 0 unspecified atom stereocenters. The minimum Gasteiger partial charge on any atom is -0.488 e. The number of rotatable bonds is 4. The van der Waals surface area contributed by atoms with Crippen LogP contribution in [0.1, 0.15) is 22.6 Å². The number of hydrogen-bond acceptors (Lipinski definition) is 4. The predicted molar refractivity (Wildman–Crippen MR) is 109 cm³/mol. The normalized spacial score (nSPS) is 15.5. The summed E-state index contributed by atoms with van der Waals surface area (Å²) in [5.41, 5.74) is 3.88. The highest BCUT2D eigenvalue weighted by atomic mass is 16.5. The van der Waals surface area contributed by atoms with Crippen LogP contribution in [-0.4, -0.2) is 31.5 Å². The quantitative estimate of drug-likeness (QED) is 0.733. The first-order chi connectivity index (χ1) is 13.6. The lowest BCUT2D eigenvalue weighted by Gasteiger charge is -2.19. The van der Waals surface area contributed by atoms with Crippen molar-refractivity contribution in [1.29, 1.82) is 0 Å². The average Bonchev–Trinajstić information content (AvgIpc) is 3.10. The lowest BCUT2D eigenvalue weighted by molar-refractivity contribution is 0.178. The number of amides is 1. The molecule has 4 rings (SSSR count). The number of fused-ring (bicyclic) bond motifs is 3.